The van der Waals surface area contributed by atoms with Crippen molar-refractivity contribution in [2.45, 2.75) is 18.7 Å². The van der Waals surface area contributed by atoms with Gasteiger partial charge in [0.05, 0.1) is 4.87 Å². The lowest BCUT2D eigenvalue weighted by atomic mass is 10.1. The van der Waals surface area contributed by atoms with Gasteiger partial charge in [0.15, 0.2) is 0 Å². The zero-order valence-electron chi connectivity index (χ0n) is 5.32. The lowest BCUT2D eigenvalue weighted by Crippen LogP contribution is -2.05. The van der Waals surface area contributed by atoms with Gasteiger partial charge in [-0.1, -0.05) is 18.2 Å². The second kappa shape index (κ2) is 2.93. The molecule has 8 heavy (non-hydrogen) atoms. The maximum Gasteiger partial charge on any atom is 0.0775 e. The van der Waals surface area contributed by atoms with E-state index >= 15 is 0 Å². The van der Waals surface area contributed by atoms with E-state index in [9.17, 15) is 0 Å². The molecule has 0 radical (unpaired) electrons. The summed E-state index contributed by atoms with van der Waals surface area (Å²) in [6, 6.07) is 0. The van der Waals surface area contributed by atoms with E-state index in [1.165, 1.54) is 0 Å². The van der Waals surface area contributed by atoms with E-state index in [0.29, 0.717) is 0 Å². The number of rotatable bonds is 2. The molecule has 0 aromatic rings. The van der Waals surface area contributed by atoms with E-state index in [2.05, 4.69) is 6.58 Å². The summed E-state index contributed by atoms with van der Waals surface area (Å²) in [5.74, 6) is 0. The van der Waals surface area contributed by atoms with Crippen LogP contribution in [-0.2, 0) is 0 Å². The van der Waals surface area contributed by atoms with Crippen LogP contribution in [0.3, 0.4) is 0 Å². The van der Waals surface area contributed by atoms with Crippen LogP contribution in [-0.4, -0.2) is 4.87 Å². The Morgan fingerprint density at radius 3 is 2.25 bits per heavy atom. The Morgan fingerprint density at radius 2 is 2.12 bits per heavy atom. The Hall–Kier alpha value is -0.230. The first-order chi connectivity index (χ1) is 3.62. The Morgan fingerprint density at radius 1 is 1.62 bits per heavy atom. The summed E-state index contributed by atoms with van der Waals surface area (Å²) in [6.07, 6.45) is 5.50. The van der Waals surface area contributed by atoms with Crippen molar-refractivity contribution >= 4 is 11.6 Å². The predicted molar refractivity (Wildman–Crippen MR) is 39.3 cm³/mol. The quantitative estimate of drug-likeness (QED) is 0.398. The first-order valence-corrected chi connectivity index (χ1v) is 2.96. The molecule has 0 aromatic heterocycles. The molecular weight excluding hydrogens is 120 g/mol. The molecule has 0 saturated heterocycles. The van der Waals surface area contributed by atoms with Gasteiger partial charge in [-0.2, -0.15) is 0 Å². The lowest BCUT2D eigenvalue weighted by molar-refractivity contribution is 0.992. The van der Waals surface area contributed by atoms with Crippen LogP contribution in [0.2, 0.25) is 0 Å². The van der Waals surface area contributed by atoms with Crippen molar-refractivity contribution in [1.29, 1.82) is 0 Å². The summed E-state index contributed by atoms with van der Waals surface area (Å²) in [5.41, 5.74) is 0. The van der Waals surface area contributed by atoms with Crippen LogP contribution in [0.5, 0.6) is 0 Å². The summed E-state index contributed by atoms with van der Waals surface area (Å²) in [4.78, 5) is -0.352. The molecule has 0 heterocycles. The molecule has 0 aliphatic heterocycles. The molecule has 0 bridgehead atoms. The van der Waals surface area contributed by atoms with Crippen LogP contribution < -0.4 is 0 Å². The maximum absolute atomic E-state index is 5.82. The van der Waals surface area contributed by atoms with Crippen LogP contribution >= 0.6 is 11.6 Å². The second-order valence-electron chi connectivity index (χ2n) is 1.86. The molecule has 0 fully saturated rings. The molecule has 1 heteroatoms. The Balaban J connectivity index is 3.90. The standard InChI is InChI=1S/C7H11Cl/c1-4-6-7(3,8)5-2/h4-6H,2H2,1,3H3/b6-4+. The second-order valence-corrected chi connectivity index (χ2v) is 2.67. The van der Waals surface area contributed by atoms with Gasteiger partial charge in [-0.05, 0) is 13.8 Å². The molecule has 0 rings (SSSR count). The van der Waals surface area contributed by atoms with Gasteiger partial charge in [-0.25, -0.2) is 0 Å². The molecule has 0 spiro atoms. The highest BCUT2D eigenvalue weighted by molar-refractivity contribution is 6.26. The predicted octanol–water partition coefficient (Wildman–Crippen LogP) is 2.75. The van der Waals surface area contributed by atoms with Crippen LogP contribution in [0.15, 0.2) is 24.8 Å². The first kappa shape index (κ1) is 7.77. The van der Waals surface area contributed by atoms with E-state index in [1.807, 2.05) is 26.0 Å². The fourth-order valence-corrected chi connectivity index (χ4v) is 0.520. The average Bonchev–Trinajstić information content (AvgIpc) is 1.67. The van der Waals surface area contributed by atoms with Crippen molar-refractivity contribution in [1.82, 2.24) is 0 Å². The fraction of sp³-hybridized carbons (Fsp3) is 0.429. The summed E-state index contributed by atoms with van der Waals surface area (Å²) in [7, 11) is 0. The van der Waals surface area contributed by atoms with Gasteiger partial charge in [0, 0.05) is 0 Å². The normalized spacial score (nSPS) is 18.4. The molecule has 1 atom stereocenters. The number of hydrogen-bond donors (Lipinski definition) is 0. The summed E-state index contributed by atoms with van der Waals surface area (Å²) in [5, 5.41) is 0. The highest BCUT2D eigenvalue weighted by atomic mass is 35.5. The van der Waals surface area contributed by atoms with Gasteiger partial charge < -0.3 is 0 Å². The molecule has 46 valence electrons. The van der Waals surface area contributed by atoms with E-state index in [0.717, 1.165) is 0 Å². The molecule has 0 aromatic carbocycles. The fourth-order valence-electron chi connectivity index (χ4n) is 0.394. The smallest absolute Gasteiger partial charge is 0.0775 e. The SMILES string of the molecule is C=CC(C)(Cl)/C=C/C. The molecule has 0 N–H and O–H groups in total. The molecule has 0 amide bonds. The number of alkyl halides is 1. The minimum atomic E-state index is -0.352. The van der Waals surface area contributed by atoms with Crippen LogP contribution in [0, 0.1) is 0 Å². The summed E-state index contributed by atoms with van der Waals surface area (Å²) < 4.78 is 0. The van der Waals surface area contributed by atoms with Crippen molar-refractivity contribution in [2.24, 2.45) is 0 Å². The monoisotopic (exact) mass is 130 g/mol. The lowest BCUT2D eigenvalue weighted by Gasteiger charge is -2.08. The highest BCUT2D eigenvalue weighted by Gasteiger charge is 2.08. The van der Waals surface area contributed by atoms with Gasteiger partial charge in [0.25, 0.3) is 0 Å². The number of halogens is 1. The zero-order valence-corrected chi connectivity index (χ0v) is 6.07. The zero-order chi connectivity index (χ0) is 6.62. The summed E-state index contributed by atoms with van der Waals surface area (Å²) in [6.45, 7) is 7.39. The molecule has 0 saturated carbocycles. The highest BCUT2D eigenvalue weighted by Crippen LogP contribution is 2.15. The van der Waals surface area contributed by atoms with Crippen molar-refractivity contribution in [3.05, 3.63) is 24.8 Å². The van der Waals surface area contributed by atoms with Crippen LogP contribution in [0.4, 0.5) is 0 Å². The third-order valence-electron chi connectivity index (χ3n) is 0.892. The van der Waals surface area contributed by atoms with Crippen LogP contribution in [0.1, 0.15) is 13.8 Å². The van der Waals surface area contributed by atoms with Gasteiger partial charge in [-0.15, -0.1) is 18.2 Å². The van der Waals surface area contributed by atoms with E-state index in [1.54, 1.807) is 6.08 Å². The average molecular weight is 131 g/mol. The van der Waals surface area contributed by atoms with Gasteiger partial charge >= 0.3 is 0 Å². The molecular formula is C7H11Cl. The topological polar surface area (TPSA) is 0 Å². The van der Waals surface area contributed by atoms with Crippen molar-refractivity contribution in [2.75, 3.05) is 0 Å². The number of allylic oxidation sites excluding steroid dienone is 3. The largest absolute Gasteiger partial charge is 0.111 e. The third-order valence-corrected chi connectivity index (χ3v) is 1.17. The molecule has 1 unspecified atom stereocenters. The first-order valence-electron chi connectivity index (χ1n) is 2.59. The van der Waals surface area contributed by atoms with Crippen molar-refractivity contribution in [3.63, 3.8) is 0 Å². The number of hydrogen-bond acceptors (Lipinski definition) is 0. The van der Waals surface area contributed by atoms with E-state index < -0.39 is 0 Å². The minimum Gasteiger partial charge on any atom is -0.111 e. The van der Waals surface area contributed by atoms with Gasteiger partial charge in [0.2, 0.25) is 0 Å². The van der Waals surface area contributed by atoms with E-state index in [4.69, 9.17) is 11.6 Å². The molecule has 0 aliphatic carbocycles. The maximum atomic E-state index is 5.82. The van der Waals surface area contributed by atoms with Gasteiger partial charge in [0.1, 0.15) is 0 Å². The molecule has 0 aliphatic rings. The summed E-state index contributed by atoms with van der Waals surface area (Å²) >= 11 is 5.82. The minimum absolute atomic E-state index is 0.352. The Kier molecular flexibility index (Phi) is 2.85. The van der Waals surface area contributed by atoms with Crippen molar-refractivity contribution < 1.29 is 0 Å². The molecule has 0 nitrogen and oxygen atoms in total. The Bertz CT molecular complexity index is 101. The van der Waals surface area contributed by atoms with Gasteiger partial charge in [-0.3, -0.25) is 0 Å². The van der Waals surface area contributed by atoms with E-state index in [-0.39, 0.29) is 4.87 Å². The van der Waals surface area contributed by atoms with Crippen molar-refractivity contribution in [3.8, 4) is 0 Å². The Labute approximate surface area is 55.9 Å². The third kappa shape index (κ3) is 2.86. The van der Waals surface area contributed by atoms with Crippen LogP contribution in [0.25, 0.3) is 0 Å².